The largest absolute Gasteiger partial charge is 0.381 e. The maximum atomic E-state index is 13.1. The molecule has 1 aliphatic rings. The van der Waals surface area contributed by atoms with Gasteiger partial charge >= 0.3 is 0 Å². The van der Waals surface area contributed by atoms with Crippen molar-refractivity contribution >= 4 is 11.6 Å². The second-order valence-electron chi connectivity index (χ2n) is 4.23. The highest BCUT2D eigenvalue weighted by Gasteiger charge is 2.33. The number of halogens is 2. The molecule has 1 heterocycles. The van der Waals surface area contributed by atoms with E-state index in [-0.39, 0.29) is 16.3 Å². The van der Waals surface area contributed by atoms with Crippen molar-refractivity contribution < 1.29 is 9.13 Å². The molecule has 4 heteroatoms. The lowest BCUT2D eigenvalue weighted by Crippen LogP contribution is -2.40. The van der Waals surface area contributed by atoms with E-state index in [0.29, 0.717) is 19.8 Å². The summed E-state index contributed by atoms with van der Waals surface area (Å²) in [6.07, 6.45) is 1.73. The lowest BCUT2D eigenvalue weighted by Gasteiger charge is -2.36. The van der Waals surface area contributed by atoms with E-state index in [1.54, 1.807) is 12.1 Å². The number of nitrogens with two attached hydrogens (primary N) is 1. The van der Waals surface area contributed by atoms with Gasteiger partial charge in [0.15, 0.2) is 0 Å². The van der Waals surface area contributed by atoms with Crippen LogP contribution in [0.15, 0.2) is 18.2 Å². The third-order valence-electron chi connectivity index (χ3n) is 3.37. The third kappa shape index (κ3) is 2.08. The minimum atomic E-state index is -0.385. The molecule has 16 heavy (non-hydrogen) atoms. The van der Waals surface area contributed by atoms with Crippen molar-refractivity contribution in [2.24, 2.45) is 5.73 Å². The summed E-state index contributed by atoms with van der Waals surface area (Å²) >= 11 is 5.80. The van der Waals surface area contributed by atoms with Crippen LogP contribution in [0.25, 0.3) is 0 Å². The van der Waals surface area contributed by atoms with Gasteiger partial charge in [-0.05, 0) is 30.5 Å². The van der Waals surface area contributed by atoms with Crippen LogP contribution in [0.3, 0.4) is 0 Å². The van der Waals surface area contributed by atoms with Crippen molar-refractivity contribution in [3.8, 4) is 0 Å². The number of benzene rings is 1. The van der Waals surface area contributed by atoms with E-state index in [1.807, 2.05) is 0 Å². The van der Waals surface area contributed by atoms with Gasteiger partial charge < -0.3 is 10.5 Å². The molecule has 2 nitrogen and oxygen atoms in total. The van der Waals surface area contributed by atoms with Gasteiger partial charge in [-0.1, -0.05) is 17.7 Å². The highest BCUT2D eigenvalue weighted by molar-refractivity contribution is 6.30. The maximum absolute atomic E-state index is 13.1. The normalized spacial score (nSPS) is 19.7. The van der Waals surface area contributed by atoms with Gasteiger partial charge in [-0.25, -0.2) is 4.39 Å². The Morgan fingerprint density at radius 3 is 2.62 bits per heavy atom. The Labute approximate surface area is 99.5 Å². The Hall–Kier alpha value is -0.640. The van der Waals surface area contributed by atoms with Crippen LogP contribution in [0.4, 0.5) is 4.39 Å². The lowest BCUT2D eigenvalue weighted by molar-refractivity contribution is 0.0529. The molecular formula is C12H15ClFNO. The topological polar surface area (TPSA) is 35.2 Å². The Balaban J connectivity index is 2.35. The molecule has 1 aromatic rings. The van der Waals surface area contributed by atoms with Crippen molar-refractivity contribution in [3.05, 3.63) is 34.6 Å². The molecule has 0 amide bonds. The summed E-state index contributed by atoms with van der Waals surface area (Å²) < 4.78 is 18.4. The summed E-state index contributed by atoms with van der Waals surface area (Å²) in [6.45, 7) is 1.94. The fourth-order valence-corrected chi connectivity index (χ4v) is 2.38. The first kappa shape index (κ1) is 11.8. The molecule has 0 aromatic heterocycles. The zero-order chi connectivity index (χ0) is 11.6. The molecule has 0 aliphatic carbocycles. The lowest BCUT2D eigenvalue weighted by atomic mass is 9.74. The van der Waals surface area contributed by atoms with Gasteiger partial charge in [0.25, 0.3) is 0 Å². The van der Waals surface area contributed by atoms with Gasteiger partial charge in [0.05, 0.1) is 5.02 Å². The van der Waals surface area contributed by atoms with Crippen LogP contribution < -0.4 is 5.73 Å². The fraction of sp³-hybridized carbons (Fsp3) is 0.500. The number of hydrogen-bond donors (Lipinski definition) is 1. The average molecular weight is 244 g/mol. The van der Waals surface area contributed by atoms with Gasteiger partial charge in [-0.2, -0.15) is 0 Å². The van der Waals surface area contributed by atoms with Crippen LogP contribution in [-0.4, -0.2) is 19.8 Å². The fourth-order valence-electron chi connectivity index (χ4n) is 2.20. The van der Waals surface area contributed by atoms with Crippen molar-refractivity contribution in [1.29, 1.82) is 0 Å². The van der Waals surface area contributed by atoms with Crippen LogP contribution in [0.5, 0.6) is 0 Å². The van der Waals surface area contributed by atoms with Crippen LogP contribution in [0.2, 0.25) is 5.02 Å². The van der Waals surface area contributed by atoms with Crippen molar-refractivity contribution in [3.63, 3.8) is 0 Å². The quantitative estimate of drug-likeness (QED) is 0.866. The molecule has 1 fully saturated rings. The molecule has 0 unspecified atom stereocenters. The van der Waals surface area contributed by atoms with Crippen LogP contribution in [-0.2, 0) is 10.2 Å². The van der Waals surface area contributed by atoms with E-state index >= 15 is 0 Å². The summed E-state index contributed by atoms with van der Waals surface area (Å²) in [4.78, 5) is 0. The Bertz CT molecular complexity index is 377. The number of hydrogen-bond acceptors (Lipinski definition) is 2. The summed E-state index contributed by atoms with van der Waals surface area (Å²) in [6, 6.07) is 4.87. The van der Waals surface area contributed by atoms with E-state index in [0.717, 1.165) is 18.4 Å². The molecule has 1 saturated heterocycles. The second kappa shape index (κ2) is 4.70. The first-order valence-electron chi connectivity index (χ1n) is 5.41. The predicted octanol–water partition coefficient (Wildman–Crippen LogP) is 2.49. The third-order valence-corrected chi connectivity index (χ3v) is 3.66. The SMILES string of the molecule is NCC1(c2ccc(F)c(Cl)c2)CCOCC1. The van der Waals surface area contributed by atoms with E-state index in [2.05, 4.69) is 0 Å². The van der Waals surface area contributed by atoms with E-state index in [4.69, 9.17) is 22.1 Å². The van der Waals surface area contributed by atoms with Crippen LogP contribution in [0.1, 0.15) is 18.4 Å². The van der Waals surface area contributed by atoms with E-state index in [1.165, 1.54) is 6.07 Å². The monoisotopic (exact) mass is 243 g/mol. The molecule has 0 saturated carbocycles. The molecule has 1 aliphatic heterocycles. The highest BCUT2D eigenvalue weighted by Crippen LogP contribution is 2.35. The summed E-state index contributed by atoms with van der Waals surface area (Å²) in [7, 11) is 0. The molecule has 2 N–H and O–H groups in total. The molecule has 0 radical (unpaired) electrons. The molecule has 0 atom stereocenters. The standard InChI is InChI=1S/C12H15ClFNO/c13-10-7-9(1-2-11(10)14)12(8-15)3-5-16-6-4-12/h1-2,7H,3-6,8,15H2. The Morgan fingerprint density at radius 2 is 2.06 bits per heavy atom. The molecule has 2 rings (SSSR count). The minimum absolute atomic E-state index is 0.102. The van der Waals surface area contributed by atoms with E-state index < -0.39 is 0 Å². The van der Waals surface area contributed by atoms with Gasteiger partial charge in [-0.3, -0.25) is 0 Å². The highest BCUT2D eigenvalue weighted by atomic mass is 35.5. The molecular weight excluding hydrogens is 229 g/mol. The van der Waals surface area contributed by atoms with E-state index in [9.17, 15) is 4.39 Å². The molecule has 1 aromatic carbocycles. The van der Waals surface area contributed by atoms with Crippen molar-refractivity contribution in [1.82, 2.24) is 0 Å². The van der Waals surface area contributed by atoms with Gasteiger partial charge in [0, 0.05) is 25.2 Å². The second-order valence-corrected chi connectivity index (χ2v) is 4.63. The smallest absolute Gasteiger partial charge is 0.141 e. The van der Waals surface area contributed by atoms with Crippen molar-refractivity contribution in [2.75, 3.05) is 19.8 Å². The Kier molecular flexibility index (Phi) is 3.47. The summed E-state index contributed by atoms with van der Waals surface area (Å²) in [5.74, 6) is -0.385. The van der Waals surface area contributed by atoms with Gasteiger partial charge in [0.2, 0.25) is 0 Å². The predicted molar refractivity (Wildman–Crippen MR) is 62.2 cm³/mol. The van der Waals surface area contributed by atoms with Crippen LogP contribution in [0, 0.1) is 5.82 Å². The summed E-state index contributed by atoms with van der Waals surface area (Å²) in [5.41, 5.74) is 6.78. The molecule has 88 valence electrons. The summed E-state index contributed by atoms with van der Waals surface area (Å²) in [5, 5.41) is 0.164. The number of ether oxygens (including phenoxy) is 1. The zero-order valence-corrected chi connectivity index (χ0v) is 9.77. The first-order valence-corrected chi connectivity index (χ1v) is 5.79. The Morgan fingerprint density at radius 1 is 1.38 bits per heavy atom. The van der Waals surface area contributed by atoms with Crippen LogP contribution >= 0.6 is 11.6 Å². The van der Waals surface area contributed by atoms with Gasteiger partial charge in [0.1, 0.15) is 5.82 Å². The molecule has 0 bridgehead atoms. The maximum Gasteiger partial charge on any atom is 0.141 e. The number of rotatable bonds is 2. The average Bonchev–Trinajstić information content (AvgIpc) is 2.33. The minimum Gasteiger partial charge on any atom is -0.381 e. The first-order chi connectivity index (χ1) is 7.68. The molecule has 0 spiro atoms. The van der Waals surface area contributed by atoms with Gasteiger partial charge in [-0.15, -0.1) is 0 Å². The van der Waals surface area contributed by atoms with Crippen molar-refractivity contribution in [2.45, 2.75) is 18.3 Å². The zero-order valence-electron chi connectivity index (χ0n) is 9.01.